The largest absolute Gasteiger partial charge is 0.354 e. The molecule has 0 heterocycles. The van der Waals surface area contributed by atoms with Gasteiger partial charge in [-0.25, -0.2) is 8.78 Å². The normalized spacial score (nSPS) is 10.6. The lowest BCUT2D eigenvalue weighted by Gasteiger charge is -2.18. The van der Waals surface area contributed by atoms with Gasteiger partial charge in [0.1, 0.15) is 17.2 Å². The van der Waals surface area contributed by atoms with Crippen molar-refractivity contribution in [1.29, 1.82) is 0 Å². The van der Waals surface area contributed by atoms with Gasteiger partial charge < -0.3 is 10.2 Å². The molecule has 0 spiro atoms. The minimum atomic E-state index is -0.971. The Morgan fingerprint density at radius 2 is 1.81 bits per heavy atom. The number of benzene rings is 1. The van der Waals surface area contributed by atoms with Crippen molar-refractivity contribution in [3.05, 3.63) is 33.8 Å². The summed E-state index contributed by atoms with van der Waals surface area (Å²) in [5.74, 6) is -2.92. The Morgan fingerprint density at radius 3 is 2.29 bits per heavy atom. The average molecular weight is 363 g/mol. The lowest BCUT2D eigenvalue weighted by atomic mass is 10.1. The van der Waals surface area contributed by atoms with E-state index in [9.17, 15) is 18.4 Å². The number of carbonyl (C=O) groups is 2. The first-order valence-electron chi connectivity index (χ1n) is 6.39. The van der Waals surface area contributed by atoms with Crippen molar-refractivity contribution in [3.8, 4) is 0 Å². The molecule has 0 fully saturated rings. The van der Waals surface area contributed by atoms with E-state index in [1.54, 1.807) is 0 Å². The highest BCUT2D eigenvalue weighted by Gasteiger charge is 2.23. The third-order valence-electron chi connectivity index (χ3n) is 2.66. The SMILES string of the molecule is CC(C)CNC(=O)CN(C)C(=O)c1c(F)cc(Br)cc1F. The van der Waals surface area contributed by atoms with Crippen molar-refractivity contribution in [2.45, 2.75) is 13.8 Å². The zero-order valence-corrected chi connectivity index (χ0v) is 13.6. The minimum Gasteiger partial charge on any atom is -0.354 e. The van der Waals surface area contributed by atoms with Gasteiger partial charge in [-0.1, -0.05) is 29.8 Å². The zero-order chi connectivity index (χ0) is 16.2. The molecule has 4 nitrogen and oxygen atoms in total. The van der Waals surface area contributed by atoms with E-state index in [0.717, 1.165) is 17.0 Å². The third-order valence-corrected chi connectivity index (χ3v) is 3.11. The Labute approximate surface area is 130 Å². The summed E-state index contributed by atoms with van der Waals surface area (Å²) in [7, 11) is 1.32. The van der Waals surface area contributed by atoms with E-state index in [0.29, 0.717) is 6.54 Å². The van der Waals surface area contributed by atoms with Crippen LogP contribution in [0.5, 0.6) is 0 Å². The molecule has 116 valence electrons. The molecule has 0 aliphatic carbocycles. The van der Waals surface area contributed by atoms with Gasteiger partial charge in [0.25, 0.3) is 5.91 Å². The summed E-state index contributed by atoms with van der Waals surface area (Å²) in [6, 6.07) is 2.01. The van der Waals surface area contributed by atoms with Crippen LogP contribution in [0.25, 0.3) is 0 Å². The van der Waals surface area contributed by atoms with Crippen LogP contribution in [0.15, 0.2) is 16.6 Å². The molecule has 0 unspecified atom stereocenters. The fourth-order valence-corrected chi connectivity index (χ4v) is 2.00. The van der Waals surface area contributed by atoms with E-state index < -0.39 is 23.1 Å². The molecule has 0 aliphatic heterocycles. The first-order valence-corrected chi connectivity index (χ1v) is 7.18. The van der Waals surface area contributed by atoms with Crippen LogP contribution < -0.4 is 5.32 Å². The Kier molecular flexibility index (Phi) is 6.26. The Balaban J connectivity index is 2.77. The van der Waals surface area contributed by atoms with Crippen molar-refractivity contribution in [2.75, 3.05) is 20.1 Å². The summed E-state index contributed by atoms with van der Waals surface area (Å²) in [6.07, 6.45) is 0. The van der Waals surface area contributed by atoms with Crippen molar-refractivity contribution in [3.63, 3.8) is 0 Å². The van der Waals surface area contributed by atoms with E-state index >= 15 is 0 Å². The van der Waals surface area contributed by atoms with Crippen molar-refractivity contribution >= 4 is 27.7 Å². The molecule has 0 aliphatic rings. The average Bonchev–Trinajstić information content (AvgIpc) is 2.34. The van der Waals surface area contributed by atoms with Crippen LogP contribution in [0.3, 0.4) is 0 Å². The molecule has 0 aromatic heterocycles. The van der Waals surface area contributed by atoms with Crippen LogP contribution in [-0.4, -0.2) is 36.9 Å². The van der Waals surface area contributed by atoms with Crippen LogP contribution in [0.1, 0.15) is 24.2 Å². The van der Waals surface area contributed by atoms with Gasteiger partial charge in [-0.2, -0.15) is 0 Å². The van der Waals surface area contributed by atoms with Gasteiger partial charge in [0.15, 0.2) is 0 Å². The fraction of sp³-hybridized carbons (Fsp3) is 0.429. The number of halogens is 3. The summed E-state index contributed by atoms with van der Waals surface area (Å²) >= 11 is 2.94. The highest BCUT2D eigenvalue weighted by Crippen LogP contribution is 2.20. The van der Waals surface area contributed by atoms with Crippen molar-refractivity contribution < 1.29 is 18.4 Å². The molecule has 7 heteroatoms. The van der Waals surface area contributed by atoms with Gasteiger partial charge in [-0.3, -0.25) is 9.59 Å². The molecule has 1 N–H and O–H groups in total. The van der Waals surface area contributed by atoms with Crippen molar-refractivity contribution in [2.24, 2.45) is 5.92 Å². The van der Waals surface area contributed by atoms with Crippen LogP contribution >= 0.6 is 15.9 Å². The van der Waals surface area contributed by atoms with Crippen LogP contribution in [-0.2, 0) is 4.79 Å². The first kappa shape index (κ1) is 17.6. The summed E-state index contributed by atoms with van der Waals surface area (Å²) < 4.78 is 27.6. The van der Waals surface area contributed by atoms with E-state index in [4.69, 9.17) is 0 Å². The lowest BCUT2D eigenvalue weighted by Crippen LogP contribution is -2.40. The Bertz CT molecular complexity index is 527. The lowest BCUT2D eigenvalue weighted by molar-refractivity contribution is -0.121. The molecule has 0 radical (unpaired) electrons. The number of nitrogens with one attached hydrogen (secondary N) is 1. The van der Waals surface area contributed by atoms with E-state index in [1.165, 1.54) is 7.05 Å². The molecule has 0 saturated carbocycles. The standard InChI is InChI=1S/C14H17BrF2N2O2/c1-8(2)6-18-12(20)7-19(3)14(21)13-10(16)4-9(15)5-11(13)17/h4-5,8H,6-7H2,1-3H3,(H,18,20). The maximum absolute atomic E-state index is 13.7. The molecule has 0 bridgehead atoms. The second-order valence-electron chi connectivity index (χ2n) is 5.10. The Hall–Kier alpha value is -1.50. The number of likely N-dealkylation sites (N-methyl/N-ethyl adjacent to an activating group) is 1. The van der Waals surface area contributed by atoms with Gasteiger partial charge in [-0.15, -0.1) is 0 Å². The zero-order valence-electron chi connectivity index (χ0n) is 12.0. The number of carbonyl (C=O) groups excluding carboxylic acids is 2. The number of hydrogen-bond donors (Lipinski definition) is 1. The maximum atomic E-state index is 13.7. The number of hydrogen-bond acceptors (Lipinski definition) is 2. The number of rotatable bonds is 5. The molecule has 0 atom stereocenters. The summed E-state index contributed by atoms with van der Waals surface area (Å²) in [4.78, 5) is 24.6. The Morgan fingerprint density at radius 1 is 1.29 bits per heavy atom. The summed E-state index contributed by atoms with van der Waals surface area (Å²) in [6.45, 7) is 4.08. The predicted molar refractivity (Wildman–Crippen MR) is 78.9 cm³/mol. The third kappa shape index (κ3) is 5.08. The monoisotopic (exact) mass is 362 g/mol. The second kappa shape index (κ2) is 7.49. The molecule has 2 amide bonds. The number of nitrogens with zero attached hydrogens (tertiary/aromatic N) is 1. The maximum Gasteiger partial charge on any atom is 0.260 e. The van der Waals surface area contributed by atoms with E-state index in [2.05, 4.69) is 21.2 Å². The molecule has 1 rings (SSSR count). The highest BCUT2D eigenvalue weighted by atomic mass is 79.9. The molecular formula is C14H17BrF2N2O2. The topological polar surface area (TPSA) is 49.4 Å². The van der Waals surface area contributed by atoms with Gasteiger partial charge >= 0.3 is 0 Å². The van der Waals surface area contributed by atoms with Crippen LogP contribution in [0.2, 0.25) is 0 Å². The summed E-state index contributed by atoms with van der Waals surface area (Å²) in [5.41, 5.74) is -0.669. The van der Waals surface area contributed by atoms with Crippen LogP contribution in [0.4, 0.5) is 8.78 Å². The van der Waals surface area contributed by atoms with E-state index in [-0.39, 0.29) is 22.8 Å². The fourth-order valence-electron chi connectivity index (χ4n) is 1.60. The second-order valence-corrected chi connectivity index (χ2v) is 6.02. The number of amides is 2. The molecule has 1 aromatic carbocycles. The van der Waals surface area contributed by atoms with Crippen molar-refractivity contribution in [1.82, 2.24) is 10.2 Å². The summed E-state index contributed by atoms with van der Waals surface area (Å²) in [5, 5.41) is 2.63. The molecule has 0 saturated heterocycles. The van der Waals surface area contributed by atoms with Crippen LogP contribution in [0, 0.1) is 17.6 Å². The molecule has 1 aromatic rings. The predicted octanol–water partition coefficient (Wildman–Crippen LogP) is 2.57. The molecular weight excluding hydrogens is 346 g/mol. The molecule has 21 heavy (non-hydrogen) atoms. The highest BCUT2D eigenvalue weighted by molar-refractivity contribution is 9.10. The quantitative estimate of drug-likeness (QED) is 0.874. The van der Waals surface area contributed by atoms with E-state index in [1.807, 2.05) is 13.8 Å². The first-order chi connectivity index (χ1) is 9.72. The van der Waals surface area contributed by atoms with Gasteiger partial charge in [0.05, 0.1) is 6.54 Å². The van der Waals surface area contributed by atoms with Gasteiger partial charge in [0, 0.05) is 18.1 Å². The van der Waals surface area contributed by atoms with Gasteiger partial charge in [0.2, 0.25) is 5.91 Å². The minimum absolute atomic E-state index is 0.200. The van der Waals surface area contributed by atoms with Gasteiger partial charge in [-0.05, 0) is 18.1 Å². The smallest absolute Gasteiger partial charge is 0.260 e.